The van der Waals surface area contributed by atoms with Gasteiger partial charge in [-0.25, -0.2) is 4.98 Å². The van der Waals surface area contributed by atoms with E-state index in [1.165, 1.54) is 11.3 Å². The molecule has 5 nitrogen and oxygen atoms in total. The molecule has 0 saturated heterocycles. The third-order valence-corrected chi connectivity index (χ3v) is 5.17. The van der Waals surface area contributed by atoms with Crippen molar-refractivity contribution in [1.82, 2.24) is 4.98 Å². The Morgan fingerprint density at radius 2 is 2.12 bits per heavy atom. The molecule has 3 aromatic rings. The SMILES string of the molecule is O=C(COc1ccc(Cl)cc1Cl)Nc1nc2c(s1)COc1ccccc1-2. The number of nitrogens with one attached hydrogen (secondary N) is 1. The molecule has 8 heteroatoms. The first-order chi connectivity index (χ1) is 12.6. The molecule has 1 aliphatic rings. The number of rotatable bonds is 4. The number of para-hydroxylation sites is 1. The average molecular weight is 407 g/mol. The third kappa shape index (κ3) is 3.49. The summed E-state index contributed by atoms with van der Waals surface area (Å²) in [5.41, 5.74) is 1.77. The Morgan fingerprint density at radius 1 is 1.27 bits per heavy atom. The van der Waals surface area contributed by atoms with Gasteiger partial charge in [0.15, 0.2) is 11.7 Å². The molecular weight excluding hydrogens is 395 g/mol. The van der Waals surface area contributed by atoms with Crippen LogP contribution >= 0.6 is 34.5 Å². The van der Waals surface area contributed by atoms with E-state index in [0.29, 0.717) is 27.5 Å². The van der Waals surface area contributed by atoms with Crippen LogP contribution in [0.2, 0.25) is 10.0 Å². The first-order valence-electron chi connectivity index (χ1n) is 7.70. The summed E-state index contributed by atoms with van der Waals surface area (Å²) in [5.74, 6) is 0.868. The van der Waals surface area contributed by atoms with Crippen LogP contribution in [0.25, 0.3) is 11.3 Å². The molecule has 1 aromatic heterocycles. The van der Waals surface area contributed by atoms with Gasteiger partial charge >= 0.3 is 0 Å². The van der Waals surface area contributed by atoms with Gasteiger partial charge in [0.05, 0.1) is 15.6 Å². The lowest BCUT2D eigenvalue weighted by atomic mass is 10.1. The Balaban J connectivity index is 1.44. The highest BCUT2D eigenvalue weighted by atomic mass is 35.5. The number of benzene rings is 2. The molecule has 0 saturated carbocycles. The van der Waals surface area contributed by atoms with Crippen molar-refractivity contribution in [2.75, 3.05) is 11.9 Å². The molecule has 1 aliphatic heterocycles. The highest BCUT2D eigenvalue weighted by molar-refractivity contribution is 7.16. The molecule has 0 atom stereocenters. The van der Waals surface area contributed by atoms with Crippen LogP contribution in [0.3, 0.4) is 0 Å². The summed E-state index contributed by atoms with van der Waals surface area (Å²) in [4.78, 5) is 17.6. The minimum Gasteiger partial charge on any atom is -0.487 e. The van der Waals surface area contributed by atoms with Gasteiger partial charge in [0, 0.05) is 10.6 Å². The lowest BCUT2D eigenvalue weighted by Gasteiger charge is -2.15. The second kappa shape index (κ2) is 7.15. The fourth-order valence-electron chi connectivity index (χ4n) is 2.54. The second-order valence-corrected chi connectivity index (χ2v) is 7.41. The van der Waals surface area contributed by atoms with Crippen LogP contribution in [-0.2, 0) is 11.4 Å². The monoisotopic (exact) mass is 406 g/mol. The number of nitrogens with zero attached hydrogens (tertiary/aromatic N) is 1. The maximum Gasteiger partial charge on any atom is 0.264 e. The van der Waals surface area contributed by atoms with E-state index in [2.05, 4.69) is 10.3 Å². The smallest absolute Gasteiger partial charge is 0.264 e. The van der Waals surface area contributed by atoms with Gasteiger partial charge in [0.2, 0.25) is 0 Å². The summed E-state index contributed by atoms with van der Waals surface area (Å²) in [7, 11) is 0. The Kier molecular flexibility index (Phi) is 4.72. The molecule has 1 amide bonds. The van der Waals surface area contributed by atoms with Crippen molar-refractivity contribution in [3.63, 3.8) is 0 Å². The van der Waals surface area contributed by atoms with Gasteiger partial charge in [-0.3, -0.25) is 10.1 Å². The first kappa shape index (κ1) is 17.1. The number of fused-ring (bicyclic) bond motifs is 3. The molecule has 0 aliphatic carbocycles. The van der Waals surface area contributed by atoms with E-state index < -0.39 is 0 Å². The molecule has 0 fully saturated rings. The summed E-state index contributed by atoms with van der Waals surface area (Å²) in [6, 6.07) is 12.5. The van der Waals surface area contributed by atoms with Crippen LogP contribution in [0.15, 0.2) is 42.5 Å². The summed E-state index contributed by atoms with van der Waals surface area (Å²) >= 11 is 13.2. The van der Waals surface area contributed by atoms with Gasteiger partial charge in [0.25, 0.3) is 5.91 Å². The number of amides is 1. The van der Waals surface area contributed by atoms with Gasteiger partial charge in [-0.05, 0) is 30.3 Å². The third-order valence-electron chi connectivity index (χ3n) is 3.70. The van der Waals surface area contributed by atoms with E-state index in [9.17, 15) is 4.79 Å². The summed E-state index contributed by atoms with van der Waals surface area (Å²) in [5, 5.41) is 4.11. The van der Waals surface area contributed by atoms with Crippen molar-refractivity contribution in [3.05, 3.63) is 57.4 Å². The molecule has 4 rings (SSSR count). The molecule has 0 radical (unpaired) electrons. The Morgan fingerprint density at radius 3 is 2.96 bits per heavy atom. The van der Waals surface area contributed by atoms with Gasteiger partial charge in [-0.2, -0.15) is 0 Å². The van der Waals surface area contributed by atoms with Gasteiger partial charge in [0.1, 0.15) is 18.1 Å². The Labute approximate surface area is 163 Å². The molecule has 0 spiro atoms. The average Bonchev–Trinajstić information content (AvgIpc) is 3.04. The van der Waals surface area contributed by atoms with Gasteiger partial charge in [-0.15, -0.1) is 0 Å². The zero-order valence-corrected chi connectivity index (χ0v) is 15.6. The number of ether oxygens (including phenoxy) is 2. The zero-order chi connectivity index (χ0) is 18.1. The quantitative estimate of drug-likeness (QED) is 0.659. The summed E-state index contributed by atoms with van der Waals surface area (Å²) in [6.45, 7) is 0.259. The minimum atomic E-state index is -0.323. The molecule has 1 N–H and O–H groups in total. The summed E-state index contributed by atoms with van der Waals surface area (Å²) < 4.78 is 11.1. The van der Waals surface area contributed by atoms with Crippen molar-refractivity contribution in [1.29, 1.82) is 0 Å². The summed E-state index contributed by atoms with van der Waals surface area (Å²) in [6.07, 6.45) is 0. The highest BCUT2D eigenvalue weighted by Gasteiger charge is 2.22. The number of carbonyl (C=O) groups excluding carboxylic acids is 1. The number of anilines is 1. The van der Waals surface area contributed by atoms with Crippen LogP contribution < -0.4 is 14.8 Å². The maximum atomic E-state index is 12.2. The van der Waals surface area contributed by atoms with Crippen molar-refractivity contribution in [2.45, 2.75) is 6.61 Å². The van der Waals surface area contributed by atoms with Crippen LogP contribution in [0, 0.1) is 0 Å². The Bertz CT molecular complexity index is 990. The number of thiazole rings is 1. The number of hydrogen-bond acceptors (Lipinski definition) is 5. The number of hydrogen-bond donors (Lipinski definition) is 1. The van der Waals surface area contributed by atoms with Crippen LogP contribution in [0.5, 0.6) is 11.5 Å². The molecule has 0 bridgehead atoms. The molecule has 2 aromatic carbocycles. The zero-order valence-electron chi connectivity index (χ0n) is 13.3. The van der Waals surface area contributed by atoms with Crippen molar-refractivity contribution < 1.29 is 14.3 Å². The van der Waals surface area contributed by atoms with E-state index >= 15 is 0 Å². The minimum absolute atomic E-state index is 0.182. The van der Waals surface area contributed by atoms with E-state index in [4.69, 9.17) is 32.7 Å². The topological polar surface area (TPSA) is 60.5 Å². The van der Waals surface area contributed by atoms with Crippen molar-refractivity contribution >= 4 is 45.6 Å². The standard InChI is InChI=1S/C18H12Cl2N2O3S/c19-10-5-6-14(12(20)7-10)25-9-16(23)21-18-22-17-11-3-1-2-4-13(11)24-8-15(17)26-18/h1-7H,8-9H2,(H,21,22,23). The van der Waals surface area contributed by atoms with Crippen molar-refractivity contribution in [3.8, 4) is 22.8 Å². The fourth-order valence-corrected chi connectivity index (χ4v) is 3.90. The van der Waals surface area contributed by atoms with E-state index in [1.807, 2.05) is 24.3 Å². The second-order valence-electron chi connectivity index (χ2n) is 5.49. The normalized spacial score (nSPS) is 11.9. The van der Waals surface area contributed by atoms with Crippen LogP contribution in [0.4, 0.5) is 5.13 Å². The van der Waals surface area contributed by atoms with E-state index in [1.54, 1.807) is 18.2 Å². The molecule has 132 valence electrons. The van der Waals surface area contributed by atoms with Crippen LogP contribution in [-0.4, -0.2) is 17.5 Å². The Hall–Kier alpha value is -2.28. The van der Waals surface area contributed by atoms with Crippen LogP contribution in [0.1, 0.15) is 4.88 Å². The fraction of sp³-hybridized carbons (Fsp3) is 0.111. The number of carbonyl (C=O) groups is 1. The predicted molar refractivity (Wildman–Crippen MR) is 102 cm³/mol. The van der Waals surface area contributed by atoms with Crippen molar-refractivity contribution in [2.24, 2.45) is 0 Å². The lowest BCUT2D eigenvalue weighted by Crippen LogP contribution is -2.20. The lowest BCUT2D eigenvalue weighted by molar-refractivity contribution is -0.118. The van der Waals surface area contributed by atoms with Gasteiger partial charge < -0.3 is 9.47 Å². The molecule has 2 heterocycles. The predicted octanol–water partition coefficient (Wildman–Crippen LogP) is 5.03. The number of halogens is 2. The van der Waals surface area contributed by atoms with Gasteiger partial charge in [-0.1, -0.05) is 46.7 Å². The highest BCUT2D eigenvalue weighted by Crippen LogP contribution is 2.40. The first-order valence-corrected chi connectivity index (χ1v) is 9.27. The largest absolute Gasteiger partial charge is 0.487 e. The molecular formula is C18H12Cl2N2O3S. The van der Waals surface area contributed by atoms with E-state index in [-0.39, 0.29) is 12.5 Å². The van der Waals surface area contributed by atoms with E-state index in [0.717, 1.165) is 21.9 Å². The number of aromatic nitrogens is 1. The maximum absolute atomic E-state index is 12.2. The molecule has 26 heavy (non-hydrogen) atoms. The molecule has 0 unspecified atom stereocenters.